The summed E-state index contributed by atoms with van der Waals surface area (Å²) in [5, 5.41) is 3.23. The molecule has 0 radical (unpaired) electrons. The molecular weight excluding hydrogens is 670 g/mol. The Labute approximate surface area is 288 Å². The third-order valence-corrected chi connectivity index (χ3v) is 13.4. The number of aryl methyl sites for hydroxylation is 1. The van der Waals surface area contributed by atoms with E-state index in [2.05, 4.69) is 69.1 Å². The predicted octanol–water partition coefficient (Wildman–Crippen LogP) is 7.35. The fourth-order valence-electron chi connectivity index (χ4n) is 4.46. The van der Waals surface area contributed by atoms with Gasteiger partial charge in [0.25, 0.3) is 5.88 Å². The van der Waals surface area contributed by atoms with Crippen LogP contribution in [0.25, 0.3) is 32.0 Å². The van der Waals surface area contributed by atoms with Crippen LogP contribution in [0.2, 0.25) is 18.1 Å². The Morgan fingerprint density at radius 1 is 0.980 bits per heavy atom. The van der Waals surface area contributed by atoms with Gasteiger partial charge >= 0.3 is 12.1 Å². The number of nitrogens with zero attached hydrogens (tertiary/aromatic N) is 6. The van der Waals surface area contributed by atoms with E-state index < -0.39 is 20.2 Å². The average Bonchev–Trinajstić information content (AvgIpc) is 3.44. The zero-order valence-electron chi connectivity index (χ0n) is 28.8. The molecule has 5 rings (SSSR count). The van der Waals surface area contributed by atoms with Gasteiger partial charge in [-0.25, -0.2) is 34.1 Å². The SMILES string of the molecule is CCOc1cnc2c(-c3nc4cc(F)c(OCCOC(=O)Nc5cnc(OCC(C)O[Si](C)(C)C(C)(C)C)nc5)nc4s3)cc(C)cc2n1. The number of fused-ring (bicyclic) bond motifs is 2. The monoisotopic (exact) mass is 709 g/mol. The van der Waals surface area contributed by atoms with Crippen LogP contribution in [-0.4, -0.2) is 76.8 Å². The van der Waals surface area contributed by atoms with Gasteiger partial charge in [0.2, 0.25) is 5.88 Å². The lowest BCUT2D eigenvalue weighted by atomic mass is 10.1. The van der Waals surface area contributed by atoms with E-state index in [9.17, 15) is 9.18 Å². The summed E-state index contributed by atoms with van der Waals surface area (Å²) in [6, 6.07) is 5.29. The molecule has 13 nitrogen and oxygen atoms in total. The summed E-state index contributed by atoms with van der Waals surface area (Å²) < 4.78 is 43.0. The standard InChI is InChI=1S/C33H40FN7O6SSi/c1-9-43-26-17-35-27-22(12-19(2)13-24(27)39-26)29-40-25-14-23(34)28(41-30(25)48-29)44-10-11-45-32(42)38-21-15-36-31(37-16-21)46-18-20(3)47-49(7,8)33(4,5)6/h12-17,20H,9-11,18H2,1-8H3,(H,38,42). The van der Waals surface area contributed by atoms with Crippen molar-refractivity contribution in [3.05, 3.63) is 48.2 Å². The van der Waals surface area contributed by atoms with Crippen LogP contribution in [0.1, 0.15) is 40.2 Å². The van der Waals surface area contributed by atoms with Crippen LogP contribution >= 0.6 is 11.3 Å². The van der Waals surface area contributed by atoms with Gasteiger partial charge in [-0.05, 0) is 56.6 Å². The van der Waals surface area contributed by atoms with E-state index in [1.807, 2.05) is 32.9 Å². The van der Waals surface area contributed by atoms with Gasteiger partial charge in [0.1, 0.15) is 35.2 Å². The Kier molecular flexibility index (Phi) is 10.9. The van der Waals surface area contributed by atoms with Crippen molar-refractivity contribution in [2.45, 2.75) is 65.8 Å². The minimum Gasteiger partial charge on any atom is -0.477 e. The highest BCUT2D eigenvalue weighted by atomic mass is 32.1. The van der Waals surface area contributed by atoms with Crippen molar-refractivity contribution in [1.29, 1.82) is 0 Å². The minimum atomic E-state index is -1.93. The molecule has 16 heteroatoms. The number of nitrogens with one attached hydrogen (secondary N) is 1. The second kappa shape index (κ2) is 14.9. The zero-order valence-corrected chi connectivity index (χ0v) is 30.6. The molecule has 4 heterocycles. The topological polar surface area (TPSA) is 153 Å². The summed E-state index contributed by atoms with van der Waals surface area (Å²) in [7, 11) is -1.93. The van der Waals surface area contributed by atoms with E-state index in [0.29, 0.717) is 51.2 Å². The lowest BCUT2D eigenvalue weighted by Crippen LogP contribution is -2.44. The van der Waals surface area contributed by atoms with Gasteiger partial charge in [0.05, 0.1) is 48.0 Å². The maximum atomic E-state index is 14.9. The lowest BCUT2D eigenvalue weighted by Gasteiger charge is -2.38. The second-order valence-electron chi connectivity index (χ2n) is 12.8. The Morgan fingerprint density at radius 3 is 2.45 bits per heavy atom. The van der Waals surface area contributed by atoms with E-state index in [1.54, 1.807) is 6.20 Å². The number of hydrogen-bond acceptors (Lipinski definition) is 13. The number of carbonyl (C=O) groups excluding carboxylic acids is 1. The largest absolute Gasteiger partial charge is 0.477 e. The fourth-order valence-corrected chi connectivity index (χ4v) is 6.82. The summed E-state index contributed by atoms with van der Waals surface area (Å²) >= 11 is 1.28. The van der Waals surface area contributed by atoms with Crippen LogP contribution in [0, 0.1) is 12.7 Å². The van der Waals surface area contributed by atoms with Crippen molar-refractivity contribution in [3.8, 4) is 28.3 Å². The molecule has 0 aliphatic carbocycles. The first kappa shape index (κ1) is 35.8. The molecule has 0 saturated heterocycles. The molecule has 1 N–H and O–H groups in total. The molecule has 1 unspecified atom stereocenters. The van der Waals surface area contributed by atoms with Gasteiger partial charge in [-0.2, -0.15) is 4.98 Å². The number of halogens is 1. The Hall–Kier alpha value is -4.54. The maximum Gasteiger partial charge on any atom is 0.411 e. The third kappa shape index (κ3) is 8.93. The van der Waals surface area contributed by atoms with Crippen LogP contribution in [0.3, 0.4) is 0 Å². The highest BCUT2D eigenvalue weighted by Crippen LogP contribution is 2.38. The Bertz CT molecular complexity index is 1940. The third-order valence-electron chi connectivity index (χ3n) is 7.78. The van der Waals surface area contributed by atoms with Crippen LogP contribution in [0.5, 0.6) is 17.8 Å². The molecule has 0 aliphatic rings. The van der Waals surface area contributed by atoms with Crippen molar-refractivity contribution in [2.75, 3.05) is 31.7 Å². The van der Waals surface area contributed by atoms with Crippen molar-refractivity contribution >= 4 is 52.8 Å². The number of hydrogen-bond donors (Lipinski definition) is 1. The summed E-state index contributed by atoms with van der Waals surface area (Å²) in [5.74, 6) is -0.482. The molecule has 1 amide bonds. The lowest BCUT2D eigenvalue weighted by molar-refractivity contribution is 0.123. The molecule has 4 aromatic heterocycles. The molecule has 1 aromatic carbocycles. The molecule has 0 aliphatic heterocycles. The van der Waals surface area contributed by atoms with Crippen molar-refractivity contribution < 1.29 is 32.6 Å². The maximum absolute atomic E-state index is 14.9. The number of benzene rings is 1. The van der Waals surface area contributed by atoms with Gasteiger partial charge in [-0.15, -0.1) is 0 Å². The Balaban J connectivity index is 1.12. The van der Waals surface area contributed by atoms with Crippen LogP contribution in [-0.2, 0) is 9.16 Å². The number of thiazole rings is 1. The van der Waals surface area contributed by atoms with Gasteiger partial charge in [-0.3, -0.25) is 5.32 Å². The molecule has 49 heavy (non-hydrogen) atoms. The predicted molar refractivity (Wildman–Crippen MR) is 188 cm³/mol. The first-order chi connectivity index (χ1) is 23.2. The first-order valence-electron chi connectivity index (χ1n) is 15.8. The van der Waals surface area contributed by atoms with Gasteiger partial charge in [-0.1, -0.05) is 32.1 Å². The van der Waals surface area contributed by atoms with E-state index >= 15 is 0 Å². The summed E-state index contributed by atoms with van der Waals surface area (Å²) in [6.45, 7) is 17.2. The second-order valence-corrected chi connectivity index (χ2v) is 18.5. The summed E-state index contributed by atoms with van der Waals surface area (Å²) in [4.78, 5) is 39.0. The summed E-state index contributed by atoms with van der Waals surface area (Å²) in [5.41, 5.74) is 3.72. The van der Waals surface area contributed by atoms with E-state index in [1.165, 1.54) is 29.8 Å². The molecular formula is C33H40FN7O6SSi. The number of ether oxygens (including phenoxy) is 4. The zero-order chi connectivity index (χ0) is 35.3. The quantitative estimate of drug-likeness (QED) is 0.0960. The van der Waals surface area contributed by atoms with E-state index in [4.69, 9.17) is 23.4 Å². The molecule has 0 fully saturated rings. The first-order valence-corrected chi connectivity index (χ1v) is 19.5. The average molecular weight is 710 g/mol. The van der Waals surface area contributed by atoms with Crippen molar-refractivity contribution in [2.24, 2.45) is 0 Å². The fraction of sp³-hybridized carbons (Fsp3) is 0.424. The molecule has 0 saturated carbocycles. The molecule has 5 aromatic rings. The Morgan fingerprint density at radius 2 is 1.73 bits per heavy atom. The number of aromatic nitrogens is 6. The highest BCUT2D eigenvalue weighted by Gasteiger charge is 2.38. The highest BCUT2D eigenvalue weighted by molar-refractivity contribution is 7.21. The molecule has 0 bridgehead atoms. The van der Waals surface area contributed by atoms with Gasteiger partial charge < -0.3 is 23.4 Å². The minimum absolute atomic E-state index is 0.0881. The van der Waals surface area contributed by atoms with Crippen LogP contribution in [0.4, 0.5) is 14.9 Å². The normalized spacial score (nSPS) is 12.6. The number of rotatable bonds is 13. The number of anilines is 1. The summed E-state index contributed by atoms with van der Waals surface area (Å²) in [6.07, 6.45) is 3.49. The number of carbonyl (C=O) groups is 1. The van der Waals surface area contributed by atoms with Gasteiger partial charge in [0.15, 0.2) is 14.1 Å². The number of pyridine rings is 1. The van der Waals surface area contributed by atoms with Crippen LogP contribution < -0.4 is 19.5 Å². The molecule has 260 valence electrons. The van der Waals surface area contributed by atoms with Crippen molar-refractivity contribution in [3.63, 3.8) is 0 Å². The molecule has 1 atom stereocenters. The number of amides is 1. The molecule has 0 spiro atoms. The van der Waals surface area contributed by atoms with Crippen molar-refractivity contribution in [1.82, 2.24) is 29.9 Å². The van der Waals surface area contributed by atoms with Gasteiger partial charge in [0, 0.05) is 11.6 Å². The van der Waals surface area contributed by atoms with Crippen LogP contribution in [0.15, 0.2) is 36.8 Å². The smallest absolute Gasteiger partial charge is 0.411 e. The van der Waals surface area contributed by atoms with E-state index in [-0.39, 0.29) is 36.2 Å². The van der Waals surface area contributed by atoms with E-state index in [0.717, 1.165) is 11.1 Å².